The molecule has 1 aliphatic rings. The Hall–Kier alpha value is -0.370. The molecule has 0 aromatic rings. The van der Waals surface area contributed by atoms with Crippen LogP contribution in [0.5, 0.6) is 0 Å². The summed E-state index contributed by atoms with van der Waals surface area (Å²) in [5.41, 5.74) is 6.13. The van der Waals surface area contributed by atoms with E-state index in [2.05, 4.69) is 0 Å². The van der Waals surface area contributed by atoms with Crippen molar-refractivity contribution in [2.24, 2.45) is 5.73 Å². The van der Waals surface area contributed by atoms with Crippen molar-refractivity contribution in [3.05, 3.63) is 11.4 Å². The molecule has 0 aromatic carbocycles. The largest absolute Gasteiger partial charge is 0.327 e. The molecule has 1 nitrogen and oxygen atoms in total. The van der Waals surface area contributed by atoms with E-state index in [1.54, 1.807) is 0 Å². The molecule has 0 bridgehead atoms. The fourth-order valence-electron chi connectivity index (χ4n) is 1.14. The van der Waals surface area contributed by atoms with Gasteiger partial charge in [-0.1, -0.05) is 0 Å². The van der Waals surface area contributed by atoms with Crippen LogP contribution in [0.4, 0.5) is 4.39 Å². The van der Waals surface area contributed by atoms with Crippen LogP contribution in [0.1, 0.15) is 25.7 Å². The maximum atomic E-state index is 12.6. The van der Waals surface area contributed by atoms with Crippen LogP contribution in [-0.2, 0) is 0 Å². The summed E-state index contributed by atoms with van der Waals surface area (Å²) in [7, 11) is 0. The Labute approximate surface area is 54.7 Å². The highest BCUT2D eigenvalue weighted by atomic mass is 19.1. The van der Waals surface area contributed by atoms with Crippen LogP contribution < -0.4 is 5.73 Å². The highest BCUT2D eigenvalue weighted by Crippen LogP contribution is 2.24. The van der Waals surface area contributed by atoms with E-state index in [1.165, 1.54) is 0 Å². The lowest BCUT2D eigenvalue weighted by atomic mass is 9.99. The van der Waals surface area contributed by atoms with Gasteiger partial charge in [0.15, 0.2) is 0 Å². The van der Waals surface area contributed by atoms with Crippen LogP contribution >= 0.6 is 0 Å². The molecule has 0 saturated carbocycles. The standard InChI is InChI=1S/C7H12FN/c8-7-4-2-1-3-6(7)5-9/h1-5,9H2. The van der Waals surface area contributed by atoms with Crippen LogP contribution in [0, 0.1) is 0 Å². The fraction of sp³-hybridized carbons (Fsp3) is 0.714. The lowest BCUT2D eigenvalue weighted by Gasteiger charge is -2.12. The summed E-state index contributed by atoms with van der Waals surface area (Å²) in [6, 6.07) is 0. The Morgan fingerprint density at radius 2 is 2.00 bits per heavy atom. The van der Waals surface area contributed by atoms with Gasteiger partial charge in [-0.25, -0.2) is 4.39 Å². The first-order valence-electron chi connectivity index (χ1n) is 3.41. The molecule has 0 unspecified atom stereocenters. The molecule has 0 saturated heterocycles. The Kier molecular flexibility index (Phi) is 2.22. The smallest absolute Gasteiger partial charge is 0.100 e. The molecule has 9 heavy (non-hydrogen) atoms. The van der Waals surface area contributed by atoms with Crippen LogP contribution in [0.3, 0.4) is 0 Å². The zero-order chi connectivity index (χ0) is 6.69. The van der Waals surface area contributed by atoms with Crippen LogP contribution in [-0.4, -0.2) is 6.54 Å². The molecule has 1 aliphatic carbocycles. The SMILES string of the molecule is NCC1=C(F)CCCC1. The molecule has 0 heterocycles. The third-order valence-corrected chi connectivity index (χ3v) is 1.75. The van der Waals surface area contributed by atoms with Gasteiger partial charge >= 0.3 is 0 Å². The summed E-state index contributed by atoms with van der Waals surface area (Å²) in [5, 5.41) is 0. The maximum Gasteiger partial charge on any atom is 0.100 e. The van der Waals surface area contributed by atoms with Gasteiger partial charge in [-0.15, -0.1) is 0 Å². The average molecular weight is 129 g/mol. The molecule has 0 aromatic heterocycles. The molecule has 2 N–H and O–H groups in total. The van der Waals surface area contributed by atoms with Gasteiger partial charge in [-0.3, -0.25) is 0 Å². The van der Waals surface area contributed by atoms with Gasteiger partial charge in [0.25, 0.3) is 0 Å². The number of hydrogen-bond acceptors (Lipinski definition) is 1. The number of hydrogen-bond donors (Lipinski definition) is 1. The predicted molar refractivity (Wildman–Crippen MR) is 35.7 cm³/mol. The van der Waals surface area contributed by atoms with Crippen molar-refractivity contribution in [1.29, 1.82) is 0 Å². The van der Waals surface area contributed by atoms with E-state index in [1.807, 2.05) is 0 Å². The summed E-state index contributed by atoms with van der Waals surface area (Å²) in [4.78, 5) is 0. The van der Waals surface area contributed by atoms with Crippen molar-refractivity contribution >= 4 is 0 Å². The van der Waals surface area contributed by atoms with Gasteiger partial charge < -0.3 is 5.73 Å². The van der Waals surface area contributed by atoms with Gasteiger partial charge in [0.05, 0.1) is 0 Å². The topological polar surface area (TPSA) is 26.0 Å². The Morgan fingerprint density at radius 3 is 2.44 bits per heavy atom. The van der Waals surface area contributed by atoms with Gasteiger partial charge in [0.2, 0.25) is 0 Å². The van der Waals surface area contributed by atoms with Gasteiger partial charge in [-0.05, 0) is 31.3 Å². The van der Waals surface area contributed by atoms with Crippen LogP contribution in [0.15, 0.2) is 11.4 Å². The molecule has 52 valence electrons. The van der Waals surface area contributed by atoms with Gasteiger partial charge in [0.1, 0.15) is 5.83 Å². The number of nitrogens with two attached hydrogens (primary N) is 1. The summed E-state index contributed by atoms with van der Waals surface area (Å²) in [6.45, 7) is 0.409. The van der Waals surface area contributed by atoms with E-state index in [4.69, 9.17) is 5.73 Å². The highest BCUT2D eigenvalue weighted by molar-refractivity contribution is 5.11. The first-order chi connectivity index (χ1) is 4.34. The first kappa shape index (κ1) is 6.75. The summed E-state index contributed by atoms with van der Waals surface area (Å²) >= 11 is 0. The summed E-state index contributed by atoms with van der Waals surface area (Å²) in [5.74, 6) is 0.0451. The summed E-state index contributed by atoms with van der Waals surface area (Å²) < 4.78 is 12.6. The molecule has 0 spiro atoms. The average Bonchev–Trinajstić information content (AvgIpc) is 1.89. The molecule has 0 aliphatic heterocycles. The van der Waals surface area contributed by atoms with Gasteiger partial charge in [0, 0.05) is 6.54 Å². The number of allylic oxidation sites excluding steroid dienone is 1. The zero-order valence-corrected chi connectivity index (χ0v) is 5.49. The molecule has 0 atom stereocenters. The lowest BCUT2D eigenvalue weighted by molar-refractivity contribution is 0.511. The number of rotatable bonds is 1. The third-order valence-electron chi connectivity index (χ3n) is 1.75. The minimum atomic E-state index is 0.0451. The molecule has 1 rings (SSSR count). The van der Waals surface area contributed by atoms with E-state index < -0.39 is 0 Å². The second-order valence-corrected chi connectivity index (χ2v) is 2.42. The monoisotopic (exact) mass is 129 g/mol. The Morgan fingerprint density at radius 1 is 1.33 bits per heavy atom. The van der Waals surface area contributed by atoms with E-state index >= 15 is 0 Å². The van der Waals surface area contributed by atoms with Crippen molar-refractivity contribution in [1.82, 2.24) is 0 Å². The van der Waals surface area contributed by atoms with Crippen LogP contribution in [0.2, 0.25) is 0 Å². The second-order valence-electron chi connectivity index (χ2n) is 2.42. The second kappa shape index (κ2) is 2.97. The minimum Gasteiger partial charge on any atom is -0.327 e. The highest BCUT2D eigenvalue weighted by Gasteiger charge is 2.09. The molecule has 2 heteroatoms. The molecule has 0 radical (unpaired) electrons. The lowest BCUT2D eigenvalue weighted by Crippen LogP contribution is -2.07. The predicted octanol–water partition coefficient (Wildman–Crippen LogP) is 1.74. The molecular formula is C7H12FN. The third kappa shape index (κ3) is 1.52. The van der Waals surface area contributed by atoms with E-state index in [0.717, 1.165) is 24.8 Å². The van der Waals surface area contributed by atoms with Crippen molar-refractivity contribution in [2.45, 2.75) is 25.7 Å². The van der Waals surface area contributed by atoms with Gasteiger partial charge in [-0.2, -0.15) is 0 Å². The quantitative estimate of drug-likeness (QED) is 0.573. The normalized spacial score (nSPS) is 20.7. The Bertz CT molecular complexity index is 129. The first-order valence-corrected chi connectivity index (χ1v) is 3.41. The Balaban J connectivity index is 2.59. The minimum absolute atomic E-state index is 0.0451. The van der Waals surface area contributed by atoms with Crippen molar-refractivity contribution in [2.75, 3.05) is 6.54 Å². The van der Waals surface area contributed by atoms with Crippen molar-refractivity contribution in [3.63, 3.8) is 0 Å². The van der Waals surface area contributed by atoms with Crippen LogP contribution in [0.25, 0.3) is 0 Å². The molecule has 0 fully saturated rings. The zero-order valence-electron chi connectivity index (χ0n) is 5.49. The fourth-order valence-corrected chi connectivity index (χ4v) is 1.14. The summed E-state index contributed by atoms with van der Waals surface area (Å²) in [6.07, 6.45) is 3.60. The number of halogens is 1. The maximum absolute atomic E-state index is 12.6. The van der Waals surface area contributed by atoms with E-state index in [9.17, 15) is 4.39 Å². The van der Waals surface area contributed by atoms with E-state index in [-0.39, 0.29) is 5.83 Å². The van der Waals surface area contributed by atoms with E-state index in [0.29, 0.717) is 13.0 Å². The van der Waals surface area contributed by atoms with Crippen molar-refractivity contribution in [3.8, 4) is 0 Å². The molecule has 0 amide bonds. The van der Waals surface area contributed by atoms with Crippen molar-refractivity contribution < 1.29 is 4.39 Å². The molecular weight excluding hydrogens is 117 g/mol.